The molecule has 10 heteroatoms. The Morgan fingerprint density at radius 3 is 2.67 bits per heavy atom. The van der Waals surface area contributed by atoms with Gasteiger partial charge in [0, 0.05) is 6.54 Å². The molecule has 7 nitrogen and oxygen atoms in total. The third-order valence-electron chi connectivity index (χ3n) is 3.78. The molecule has 0 atom stereocenters. The van der Waals surface area contributed by atoms with Crippen LogP contribution in [0.5, 0.6) is 5.75 Å². The Morgan fingerprint density at radius 2 is 2.04 bits per heavy atom. The zero-order chi connectivity index (χ0) is 19.6. The van der Waals surface area contributed by atoms with Gasteiger partial charge in [-0.15, -0.1) is 13.2 Å². The van der Waals surface area contributed by atoms with E-state index in [1.807, 2.05) is 6.92 Å². The third-order valence-corrected chi connectivity index (χ3v) is 3.78. The molecule has 0 aliphatic rings. The number of aromatic nitrogens is 3. The van der Waals surface area contributed by atoms with Gasteiger partial charge in [0.1, 0.15) is 11.4 Å². The molecule has 0 saturated carbocycles. The highest BCUT2D eigenvalue weighted by molar-refractivity contribution is 5.94. The van der Waals surface area contributed by atoms with Gasteiger partial charge in [0.05, 0.1) is 11.9 Å². The van der Waals surface area contributed by atoms with Crippen molar-refractivity contribution in [2.45, 2.75) is 26.3 Å². The first kappa shape index (κ1) is 18.5. The summed E-state index contributed by atoms with van der Waals surface area (Å²) >= 11 is 0. The molecule has 0 unspecified atom stereocenters. The fourth-order valence-electron chi connectivity index (χ4n) is 2.59. The van der Waals surface area contributed by atoms with E-state index in [9.17, 15) is 23.2 Å². The topological polar surface area (TPSA) is 82.6 Å². The average molecular weight is 380 g/mol. The second-order valence-corrected chi connectivity index (χ2v) is 5.65. The molecule has 1 aromatic carbocycles. The summed E-state index contributed by atoms with van der Waals surface area (Å²) in [6.45, 7) is 1.94. The zero-order valence-corrected chi connectivity index (χ0v) is 14.2. The number of imidazole rings is 1. The number of fused-ring (bicyclic) bond motifs is 1. The summed E-state index contributed by atoms with van der Waals surface area (Å²) in [6.07, 6.45) is -0.295. The lowest BCUT2D eigenvalue weighted by Gasteiger charge is -2.10. The number of hydrogen-bond donors (Lipinski definition) is 1. The molecular weight excluding hydrogens is 365 g/mol. The van der Waals surface area contributed by atoms with E-state index in [4.69, 9.17) is 0 Å². The van der Waals surface area contributed by atoms with Crippen molar-refractivity contribution in [2.75, 3.05) is 0 Å². The normalized spacial score (nSPS) is 11.6. The van der Waals surface area contributed by atoms with Gasteiger partial charge in [0.2, 0.25) is 11.8 Å². The monoisotopic (exact) mass is 380 g/mol. The van der Waals surface area contributed by atoms with Crippen LogP contribution < -0.4 is 14.8 Å². The molecule has 0 spiro atoms. The molecule has 27 heavy (non-hydrogen) atoms. The van der Waals surface area contributed by atoms with Crippen LogP contribution in [0.2, 0.25) is 0 Å². The van der Waals surface area contributed by atoms with Gasteiger partial charge in [-0.05, 0) is 24.1 Å². The van der Waals surface area contributed by atoms with Crippen molar-refractivity contribution < 1.29 is 27.4 Å². The van der Waals surface area contributed by atoms with Crippen LogP contribution in [0.15, 0.2) is 42.9 Å². The predicted octanol–water partition coefficient (Wildman–Crippen LogP) is 2.36. The number of ether oxygens (including phenoxy) is 1. The molecule has 1 N–H and O–H groups in total. The second kappa shape index (κ2) is 7.14. The maximum absolute atomic E-state index is 12.6. The lowest BCUT2D eigenvalue weighted by molar-refractivity contribution is -0.604. The Bertz CT molecular complexity index is 968. The lowest BCUT2D eigenvalue weighted by Crippen LogP contribution is -2.27. The number of alkyl halides is 3. The standard InChI is InChI=1S/C17H15F3N4O3/c1-2-13-15(24-8-7-23(26)10-14(24)22-13)16(25)21-9-11-3-5-12(6-4-11)27-17(18,19)20/h3-8,10H,2,9H2,1H3,(H,21,25). The summed E-state index contributed by atoms with van der Waals surface area (Å²) in [5.41, 5.74) is 1.79. The number of hydrogen-bond acceptors (Lipinski definition) is 4. The van der Waals surface area contributed by atoms with Crippen molar-refractivity contribution in [3.05, 3.63) is 65.0 Å². The summed E-state index contributed by atoms with van der Waals surface area (Å²) in [5.74, 6) is -0.739. The minimum absolute atomic E-state index is 0.107. The quantitative estimate of drug-likeness (QED) is 0.544. The summed E-state index contributed by atoms with van der Waals surface area (Å²) in [4.78, 5) is 16.9. The van der Waals surface area contributed by atoms with Crippen LogP contribution in [0.3, 0.4) is 0 Å². The highest BCUT2D eigenvalue weighted by Crippen LogP contribution is 2.22. The fourth-order valence-corrected chi connectivity index (χ4v) is 2.59. The molecule has 1 amide bonds. The molecule has 0 fully saturated rings. The highest BCUT2D eigenvalue weighted by atomic mass is 19.4. The van der Waals surface area contributed by atoms with E-state index in [0.29, 0.717) is 33.7 Å². The summed E-state index contributed by atoms with van der Waals surface area (Å²) in [5, 5.41) is 14.1. The number of rotatable bonds is 5. The predicted molar refractivity (Wildman–Crippen MR) is 87.8 cm³/mol. The Morgan fingerprint density at radius 1 is 1.33 bits per heavy atom. The first-order chi connectivity index (χ1) is 12.8. The minimum atomic E-state index is -4.75. The number of aryl methyl sites for hydroxylation is 1. The molecule has 2 aromatic heterocycles. The number of carbonyl (C=O) groups excluding carboxylic acids is 1. The van der Waals surface area contributed by atoms with E-state index in [1.54, 1.807) is 0 Å². The summed E-state index contributed by atoms with van der Waals surface area (Å²) in [7, 11) is 0. The van der Waals surface area contributed by atoms with Crippen LogP contribution in [0, 0.1) is 5.21 Å². The number of benzene rings is 1. The van der Waals surface area contributed by atoms with E-state index in [-0.39, 0.29) is 12.3 Å². The number of halogens is 3. The molecule has 2 heterocycles. The van der Waals surface area contributed by atoms with Crippen LogP contribution in [-0.4, -0.2) is 21.7 Å². The average Bonchev–Trinajstić information content (AvgIpc) is 2.97. The van der Waals surface area contributed by atoms with E-state index >= 15 is 0 Å². The SMILES string of the molecule is CCc1nc2c[n+]([O-])ccn2c1C(=O)NCc1ccc(OC(F)(F)F)cc1. The fraction of sp³-hybridized carbons (Fsp3) is 0.235. The van der Waals surface area contributed by atoms with E-state index < -0.39 is 12.3 Å². The van der Waals surface area contributed by atoms with Crippen molar-refractivity contribution in [3.63, 3.8) is 0 Å². The van der Waals surface area contributed by atoms with Crippen LogP contribution >= 0.6 is 0 Å². The molecule has 0 bridgehead atoms. The first-order valence-corrected chi connectivity index (χ1v) is 7.99. The van der Waals surface area contributed by atoms with E-state index in [2.05, 4.69) is 15.0 Å². The van der Waals surface area contributed by atoms with Crippen molar-refractivity contribution >= 4 is 11.6 Å². The van der Waals surface area contributed by atoms with Gasteiger partial charge in [-0.2, -0.15) is 4.73 Å². The maximum atomic E-state index is 12.6. The van der Waals surface area contributed by atoms with Gasteiger partial charge >= 0.3 is 6.36 Å². The number of nitrogens with zero attached hydrogens (tertiary/aromatic N) is 3. The molecule has 0 aliphatic carbocycles. The van der Waals surface area contributed by atoms with Crippen molar-refractivity contribution in [3.8, 4) is 5.75 Å². The number of nitrogens with one attached hydrogen (secondary N) is 1. The van der Waals surface area contributed by atoms with E-state index in [0.717, 1.165) is 0 Å². The lowest BCUT2D eigenvalue weighted by atomic mass is 10.2. The van der Waals surface area contributed by atoms with Crippen molar-refractivity contribution in [1.82, 2.24) is 14.7 Å². The summed E-state index contributed by atoms with van der Waals surface area (Å²) in [6, 6.07) is 5.20. The first-order valence-electron chi connectivity index (χ1n) is 7.99. The molecule has 3 rings (SSSR count). The van der Waals surface area contributed by atoms with E-state index in [1.165, 1.54) is 47.3 Å². The molecular formula is C17H15F3N4O3. The van der Waals surface area contributed by atoms with Gasteiger partial charge in [0.15, 0.2) is 6.20 Å². The third kappa shape index (κ3) is 4.27. The van der Waals surface area contributed by atoms with Crippen molar-refractivity contribution in [2.24, 2.45) is 0 Å². The molecule has 0 radical (unpaired) electrons. The highest BCUT2D eigenvalue weighted by Gasteiger charge is 2.31. The second-order valence-electron chi connectivity index (χ2n) is 5.65. The van der Waals surface area contributed by atoms with Gasteiger partial charge < -0.3 is 15.3 Å². The van der Waals surface area contributed by atoms with Crippen molar-refractivity contribution in [1.29, 1.82) is 0 Å². The Hall–Kier alpha value is -3.30. The number of amides is 1. The zero-order valence-electron chi connectivity index (χ0n) is 14.2. The minimum Gasteiger partial charge on any atom is -0.619 e. The molecule has 0 saturated heterocycles. The number of carbonyl (C=O) groups is 1. The molecule has 142 valence electrons. The van der Waals surface area contributed by atoms with Gasteiger partial charge in [-0.25, -0.2) is 4.98 Å². The maximum Gasteiger partial charge on any atom is 0.573 e. The van der Waals surface area contributed by atoms with Gasteiger partial charge in [-0.1, -0.05) is 19.1 Å². The van der Waals surface area contributed by atoms with Crippen LogP contribution in [0.1, 0.15) is 28.7 Å². The van der Waals surface area contributed by atoms with Gasteiger partial charge in [-0.3, -0.25) is 9.20 Å². The Labute approximate surface area is 151 Å². The molecule has 0 aliphatic heterocycles. The smallest absolute Gasteiger partial charge is 0.573 e. The van der Waals surface area contributed by atoms with Gasteiger partial charge in [0.25, 0.3) is 5.91 Å². The molecule has 3 aromatic rings. The van der Waals surface area contributed by atoms with Crippen LogP contribution in [0.4, 0.5) is 13.2 Å². The van der Waals surface area contributed by atoms with Crippen LogP contribution in [-0.2, 0) is 13.0 Å². The largest absolute Gasteiger partial charge is 0.619 e. The summed E-state index contributed by atoms with van der Waals surface area (Å²) < 4.78 is 42.4. The Balaban J connectivity index is 1.74. The van der Waals surface area contributed by atoms with Crippen LogP contribution in [0.25, 0.3) is 5.65 Å². The Kier molecular flexibility index (Phi) is 4.89.